The lowest BCUT2D eigenvalue weighted by Crippen LogP contribution is -2.26. The van der Waals surface area contributed by atoms with Gasteiger partial charge in [-0.2, -0.15) is 0 Å². The summed E-state index contributed by atoms with van der Waals surface area (Å²) in [5.74, 6) is 1.87. The summed E-state index contributed by atoms with van der Waals surface area (Å²) in [7, 11) is 0. The van der Waals surface area contributed by atoms with Gasteiger partial charge in [-0.05, 0) is 79.9 Å². The van der Waals surface area contributed by atoms with Crippen LogP contribution in [-0.4, -0.2) is 19.5 Å². The number of rotatable bonds is 5. The Bertz CT molecular complexity index is 3520. The van der Waals surface area contributed by atoms with E-state index in [1.54, 1.807) is 0 Å². The van der Waals surface area contributed by atoms with Crippen molar-refractivity contribution in [3.63, 3.8) is 0 Å². The van der Waals surface area contributed by atoms with Crippen molar-refractivity contribution in [3.8, 4) is 73.2 Å². The van der Waals surface area contributed by atoms with Crippen LogP contribution in [0.3, 0.4) is 0 Å². The first-order valence-electron chi connectivity index (χ1n) is 21.2. The van der Waals surface area contributed by atoms with Gasteiger partial charge >= 0.3 is 0 Å². The first-order chi connectivity index (χ1) is 30.8. The molecule has 0 amide bonds. The number of nitrogens with zero attached hydrogens (tertiary/aromatic N) is 4. The van der Waals surface area contributed by atoms with Crippen molar-refractivity contribution < 1.29 is 0 Å². The van der Waals surface area contributed by atoms with Crippen molar-refractivity contribution in [2.24, 2.45) is 0 Å². The standard InChI is InChI=1S/C58H36N4/c1-3-19-37(20-4-1)55-59-56(61-57(60-55)48-32-18-31-46-43-27-12-16-36-52(43)62(54(46)48)38-21-5-2-6-22-38)47-28-8-7-23-39(47)44-29-17-30-45-42-26-11-15-35-51(42)58(53(44)45)49-33-13-9-24-40(49)41-25-10-14-34-50(41)58/h1-36H. The summed E-state index contributed by atoms with van der Waals surface area (Å²) < 4.78 is 2.35. The summed E-state index contributed by atoms with van der Waals surface area (Å²) >= 11 is 0. The molecule has 2 aliphatic carbocycles. The van der Waals surface area contributed by atoms with Crippen LogP contribution in [0, 0.1) is 0 Å². The van der Waals surface area contributed by atoms with Crippen LogP contribution in [0.15, 0.2) is 218 Å². The van der Waals surface area contributed by atoms with Gasteiger partial charge in [-0.3, -0.25) is 0 Å². The maximum Gasteiger partial charge on any atom is 0.166 e. The van der Waals surface area contributed by atoms with Gasteiger partial charge in [0.1, 0.15) is 0 Å². The van der Waals surface area contributed by atoms with E-state index in [0.717, 1.165) is 49.9 Å². The van der Waals surface area contributed by atoms with Gasteiger partial charge in [0.15, 0.2) is 17.5 Å². The first kappa shape index (κ1) is 34.6. The van der Waals surface area contributed by atoms with E-state index in [-0.39, 0.29) is 0 Å². The average Bonchev–Trinajstić information content (AvgIpc) is 3.97. The Labute approximate surface area is 359 Å². The lowest BCUT2D eigenvalue weighted by Gasteiger charge is -2.32. The molecule has 2 aliphatic rings. The van der Waals surface area contributed by atoms with Gasteiger partial charge in [-0.25, -0.2) is 15.0 Å². The third kappa shape index (κ3) is 4.80. The Morgan fingerprint density at radius 2 is 0.742 bits per heavy atom. The molecule has 4 nitrogen and oxygen atoms in total. The highest BCUT2D eigenvalue weighted by molar-refractivity contribution is 6.13. The predicted octanol–water partition coefficient (Wildman–Crippen LogP) is 14.0. The molecule has 0 unspecified atom stereocenters. The predicted molar refractivity (Wildman–Crippen MR) is 252 cm³/mol. The van der Waals surface area contributed by atoms with Crippen molar-refractivity contribution in [2.75, 3.05) is 0 Å². The minimum Gasteiger partial charge on any atom is -0.309 e. The first-order valence-corrected chi connectivity index (χ1v) is 21.2. The van der Waals surface area contributed by atoms with E-state index in [9.17, 15) is 0 Å². The number of benzene rings is 9. The molecule has 0 N–H and O–H groups in total. The zero-order valence-corrected chi connectivity index (χ0v) is 33.6. The Morgan fingerprint density at radius 1 is 0.306 bits per heavy atom. The molecule has 13 rings (SSSR count). The Kier molecular flexibility index (Phi) is 7.49. The third-order valence-electron chi connectivity index (χ3n) is 13.1. The van der Waals surface area contributed by atoms with E-state index in [4.69, 9.17) is 15.0 Å². The maximum absolute atomic E-state index is 5.50. The minimum atomic E-state index is -0.511. The van der Waals surface area contributed by atoms with Gasteiger partial charge in [0.25, 0.3) is 0 Å². The second-order valence-corrected chi connectivity index (χ2v) is 16.2. The van der Waals surface area contributed by atoms with Crippen molar-refractivity contribution in [2.45, 2.75) is 5.41 Å². The average molecular weight is 789 g/mol. The molecule has 1 spiro atoms. The molecule has 288 valence electrons. The molecule has 0 saturated carbocycles. The van der Waals surface area contributed by atoms with E-state index in [0.29, 0.717) is 17.5 Å². The van der Waals surface area contributed by atoms with Crippen LogP contribution < -0.4 is 0 Å². The second kappa shape index (κ2) is 13.4. The smallest absolute Gasteiger partial charge is 0.166 e. The molecule has 0 saturated heterocycles. The van der Waals surface area contributed by atoms with Crippen molar-refractivity contribution in [1.29, 1.82) is 0 Å². The normalized spacial score (nSPS) is 13.0. The number of para-hydroxylation sites is 3. The monoisotopic (exact) mass is 788 g/mol. The summed E-state index contributed by atoms with van der Waals surface area (Å²) in [6.07, 6.45) is 0. The number of hydrogen-bond acceptors (Lipinski definition) is 3. The van der Waals surface area contributed by atoms with Crippen LogP contribution in [-0.2, 0) is 5.41 Å². The van der Waals surface area contributed by atoms with Crippen LogP contribution in [0.4, 0.5) is 0 Å². The fourth-order valence-corrected chi connectivity index (χ4v) is 10.7. The van der Waals surface area contributed by atoms with E-state index in [2.05, 4.69) is 205 Å². The van der Waals surface area contributed by atoms with Crippen LogP contribution >= 0.6 is 0 Å². The van der Waals surface area contributed by atoms with E-state index < -0.39 is 5.41 Å². The third-order valence-corrected chi connectivity index (χ3v) is 13.1. The van der Waals surface area contributed by atoms with Gasteiger partial charge in [0, 0.05) is 33.2 Å². The molecular weight excluding hydrogens is 753 g/mol. The largest absolute Gasteiger partial charge is 0.309 e. The quantitative estimate of drug-likeness (QED) is 0.174. The molecule has 0 bridgehead atoms. The van der Waals surface area contributed by atoms with Crippen molar-refractivity contribution >= 4 is 21.8 Å². The van der Waals surface area contributed by atoms with Crippen LogP contribution in [0.5, 0.6) is 0 Å². The summed E-state index contributed by atoms with van der Waals surface area (Å²) in [5.41, 5.74) is 18.1. The van der Waals surface area contributed by atoms with Crippen molar-refractivity contribution in [3.05, 3.63) is 241 Å². The van der Waals surface area contributed by atoms with Crippen molar-refractivity contribution in [1.82, 2.24) is 19.5 Å². The van der Waals surface area contributed by atoms with E-state index >= 15 is 0 Å². The Morgan fingerprint density at radius 3 is 1.42 bits per heavy atom. The zero-order chi connectivity index (χ0) is 40.8. The summed E-state index contributed by atoms with van der Waals surface area (Å²) in [6, 6.07) is 78.4. The summed E-state index contributed by atoms with van der Waals surface area (Å²) in [4.78, 5) is 16.2. The molecule has 9 aromatic carbocycles. The molecule has 11 aromatic rings. The Balaban J connectivity index is 1.09. The van der Waals surface area contributed by atoms with Crippen LogP contribution in [0.25, 0.3) is 95.0 Å². The van der Waals surface area contributed by atoms with E-state index in [1.807, 2.05) is 18.2 Å². The minimum absolute atomic E-state index is 0.511. The highest BCUT2D eigenvalue weighted by Gasteiger charge is 2.52. The molecular formula is C58H36N4. The van der Waals surface area contributed by atoms with Crippen LogP contribution in [0.1, 0.15) is 22.3 Å². The number of fused-ring (bicyclic) bond motifs is 13. The second-order valence-electron chi connectivity index (χ2n) is 16.2. The molecule has 2 aromatic heterocycles. The summed E-state index contributed by atoms with van der Waals surface area (Å²) in [5, 5.41) is 2.33. The molecule has 0 fully saturated rings. The SMILES string of the molecule is c1ccc(-c2nc(-c3ccccc3-c3cccc4c3C3(c5ccccc5-c5ccccc53)c3ccccc3-4)nc(-c3cccc4c5ccccc5n(-c5ccccc5)c34)n2)cc1. The Hall–Kier alpha value is -8.21. The van der Waals surface area contributed by atoms with Gasteiger partial charge in [-0.1, -0.05) is 194 Å². The molecule has 0 radical (unpaired) electrons. The number of aromatic nitrogens is 4. The van der Waals surface area contributed by atoms with Gasteiger partial charge in [0.05, 0.1) is 16.4 Å². The molecule has 2 heterocycles. The fraction of sp³-hybridized carbons (Fsp3) is 0.0172. The molecule has 4 heteroatoms. The van der Waals surface area contributed by atoms with E-state index in [1.165, 1.54) is 49.9 Å². The van der Waals surface area contributed by atoms with Crippen LogP contribution in [0.2, 0.25) is 0 Å². The fourth-order valence-electron chi connectivity index (χ4n) is 10.7. The van der Waals surface area contributed by atoms with Gasteiger partial charge < -0.3 is 4.57 Å². The molecule has 0 aliphatic heterocycles. The lowest BCUT2D eigenvalue weighted by atomic mass is 9.68. The maximum atomic E-state index is 5.50. The zero-order valence-electron chi connectivity index (χ0n) is 33.6. The molecule has 0 atom stereocenters. The number of hydrogen-bond donors (Lipinski definition) is 0. The highest BCUT2D eigenvalue weighted by Crippen LogP contribution is 2.64. The van der Waals surface area contributed by atoms with Gasteiger partial charge in [-0.15, -0.1) is 0 Å². The van der Waals surface area contributed by atoms with Gasteiger partial charge in [0.2, 0.25) is 0 Å². The lowest BCUT2D eigenvalue weighted by molar-refractivity contribution is 0.796. The topological polar surface area (TPSA) is 43.6 Å². The molecule has 62 heavy (non-hydrogen) atoms. The summed E-state index contributed by atoms with van der Waals surface area (Å²) in [6.45, 7) is 0. The highest BCUT2D eigenvalue weighted by atomic mass is 15.0.